The number of nitrogens with two attached hydrogens (primary N) is 1. The number of carbonyl (C=O) groups is 2. The van der Waals surface area contributed by atoms with E-state index in [0.717, 1.165) is 5.56 Å². The van der Waals surface area contributed by atoms with Crippen LogP contribution in [0.4, 0.5) is 0 Å². The zero-order chi connectivity index (χ0) is 20.0. The predicted octanol–water partition coefficient (Wildman–Crippen LogP) is -0.240. The van der Waals surface area contributed by atoms with E-state index in [9.17, 15) is 18.0 Å². The van der Waals surface area contributed by atoms with Gasteiger partial charge in [0.2, 0.25) is 21.8 Å². The Hall–Kier alpha value is -1.97. The van der Waals surface area contributed by atoms with Gasteiger partial charge in [-0.05, 0) is 11.5 Å². The number of hydrogen-bond donors (Lipinski definition) is 2. The average Bonchev–Trinajstić information content (AvgIpc) is 2.65. The lowest BCUT2D eigenvalue weighted by Crippen LogP contribution is -2.53. The Kier molecular flexibility index (Phi) is 7.34. The number of amides is 2. The van der Waals surface area contributed by atoms with Crippen LogP contribution in [0.15, 0.2) is 30.3 Å². The van der Waals surface area contributed by atoms with E-state index in [-0.39, 0.29) is 43.1 Å². The normalized spacial score (nSPS) is 17.0. The van der Waals surface area contributed by atoms with Crippen molar-refractivity contribution in [3.05, 3.63) is 35.9 Å². The number of rotatable bonds is 7. The fourth-order valence-electron chi connectivity index (χ4n) is 2.79. The number of nitrogens with zero attached hydrogens (tertiary/aromatic N) is 2. The molecule has 0 unspecified atom stereocenters. The van der Waals surface area contributed by atoms with Gasteiger partial charge in [-0.1, -0.05) is 44.2 Å². The van der Waals surface area contributed by atoms with Crippen LogP contribution in [0.3, 0.4) is 0 Å². The fraction of sp³-hybridized carbons (Fsp3) is 0.556. The molecule has 1 saturated heterocycles. The van der Waals surface area contributed by atoms with Gasteiger partial charge in [0.15, 0.2) is 0 Å². The first-order chi connectivity index (χ1) is 12.7. The quantitative estimate of drug-likeness (QED) is 0.660. The van der Waals surface area contributed by atoms with E-state index < -0.39 is 16.1 Å². The number of sulfonamides is 1. The van der Waals surface area contributed by atoms with Crippen molar-refractivity contribution in [3.63, 3.8) is 0 Å². The van der Waals surface area contributed by atoms with Crippen molar-refractivity contribution in [1.82, 2.24) is 14.5 Å². The molecule has 1 aromatic carbocycles. The number of carbonyl (C=O) groups excluding carboxylic acids is 2. The summed E-state index contributed by atoms with van der Waals surface area (Å²) in [6.45, 7) is 4.65. The summed E-state index contributed by atoms with van der Waals surface area (Å²) in [5, 5.41) is 2.55. The summed E-state index contributed by atoms with van der Waals surface area (Å²) in [5.41, 5.74) is 6.48. The molecule has 8 nitrogen and oxygen atoms in total. The molecule has 1 fully saturated rings. The number of piperazine rings is 1. The standard InChI is InChI=1S/C18H28N4O4S/c1-14(2)17(19)18(24)20-12-16(23)21-8-10-22(11-9-21)27(25,26)13-15-6-4-3-5-7-15/h3-7,14,17H,8-13,19H2,1-2H3,(H,20,24)/t17-/m0/s1. The molecule has 9 heteroatoms. The average molecular weight is 397 g/mol. The van der Waals surface area contributed by atoms with Crippen LogP contribution in [0, 0.1) is 5.92 Å². The van der Waals surface area contributed by atoms with Gasteiger partial charge in [0, 0.05) is 26.2 Å². The van der Waals surface area contributed by atoms with E-state index in [1.807, 2.05) is 19.9 Å². The summed E-state index contributed by atoms with van der Waals surface area (Å²) in [7, 11) is -3.42. The lowest BCUT2D eigenvalue weighted by Gasteiger charge is -2.34. The van der Waals surface area contributed by atoms with Gasteiger partial charge >= 0.3 is 0 Å². The third kappa shape index (κ3) is 6.02. The molecule has 1 heterocycles. The highest BCUT2D eigenvalue weighted by Crippen LogP contribution is 2.13. The van der Waals surface area contributed by atoms with Crippen molar-refractivity contribution >= 4 is 21.8 Å². The zero-order valence-corrected chi connectivity index (χ0v) is 16.6. The highest BCUT2D eigenvalue weighted by Gasteiger charge is 2.29. The number of benzene rings is 1. The molecule has 1 aromatic rings. The summed E-state index contributed by atoms with van der Waals surface area (Å²) in [4.78, 5) is 25.6. The van der Waals surface area contributed by atoms with Gasteiger partial charge < -0.3 is 16.0 Å². The first kappa shape index (κ1) is 21.3. The molecule has 1 aliphatic rings. The van der Waals surface area contributed by atoms with Gasteiger partial charge in [-0.25, -0.2) is 8.42 Å². The summed E-state index contributed by atoms with van der Waals surface area (Å²) in [5.74, 6) is -0.661. The van der Waals surface area contributed by atoms with Gasteiger partial charge in [-0.15, -0.1) is 0 Å². The Morgan fingerprint density at radius 1 is 1.11 bits per heavy atom. The van der Waals surface area contributed by atoms with E-state index in [0.29, 0.717) is 13.1 Å². The van der Waals surface area contributed by atoms with Gasteiger partial charge in [0.25, 0.3) is 0 Å². The smallest absolute Gasteiger partial charge is 0.242 e. The Morgan fingerprint density at radius 3 is 2.26 bits per heavy atom. The van der Waals surface area contributed by atoms with E-state index in [1.54, 1.807) is 29.2 Å². The molecular weight excluding hydrogens is 368 g/mol. The zero-order valence-electron chi connectivity index (χ0n) is 15.8. The Bertz CT molecular complexity index is 744. The molecule has 3 N–H and O–H groups in total. The van der Waals surface area contributed by atoms with Crippen LogP contribution in [-0.2, 0) is 25.4 Å². The fourth-order valence-corrected chi connectivity index (χ4v) is 4.30. The van der Waals surface area contributed by atoms with Crippen LogP contribution in [0.25, 0.3) is 0 Å². The summed E-state index contributed by atoms with van der Waals surface area (Å²) < 4.78 is 26.5. The number of nitrogens with one attached hydrogen (secondary N) is 1. The third-order valence-electron chi connectivity index (χ3n) is 4.61. The second-order valence-corrected chi connectivity index (χ2v) is 8.98. The van der Waals surface area contributed by atoms with Crippen molar-refractivity contribution in [1.29, 1.82) is 0 Å². The highest BCUT2D eigenvalue weighted by molar-refractivity contribution is 7.88. The molecule has 27 heavy (non-hydrogen) atoms. The van der Waals surface area contributed by atoms with Crippen LogP contribution in [0.2, 0.25) is 0 Å². The maximum absolute atomic E-state index is 12.5. The Morgan fingerprint density at radius 2 is 1.70 bits per heavy atom. The van der Waals surface area contributed by atoms with Gasteiger partial charge in [-0.3, -0.25) is 9.59 Å². The Balaban J connectivity index is 1.82. The molecule has 0 aliphatic carbocycles. The molecule has 0 spiro atoms. The first-order valence-corrected chi connectivity index (χ1v) is 10.6. The summed E-state index contributed by atoms with van der Waals surface area (Å²) >= 11 is 0. The first-order valence-electron chi connectivity index (χ1n) is 9.03. The monoisotopic (exact) mass is 396 g/mol. The van der Waals surface area contributed by atoms with Gasteiger partial charge in [-0.2, -0.15) is 4.31 Å². The van der Waals surface area contributed by atoms with Crippen molar-refractivity contribution in [2.45, 2.75) is 25.6 Å². The second kappa shape index (κ2) is 9.29. The van der Waals surface area contributed by atoms with Crippen molar-refractivity contribution in [3.8, 4) is 0 Å². The lowest BCUT2D eigenvalue weighted by molar-refractivity contribution is -0.134. The maximum Gasteiger partial charge on any atom is 0.242 e. The molecule has 0 bridgehead atoms. The predicted molar refractivity (Wildman–Crippen MR) is 103 cm³/mol. The molecule has 2 amide bonds. The van der Waals surface area contributed by atoms with E-state index >= 15 is 0 Å². The SMILES string of the molecule is CC(C)[C@H](N)C(=O)NCC(=O)N1CCN(S(=O)(=O)Cc2ccccc2)CC1. The minimum atomic E-state index is -3.42. The summed E-state index contributed by atoms with van der Waals surface area (Å²) in [6, 6.07) is 8.36. The molecule has 1 aliphatic heterocycles. The van der Waals surface area contributed by atoms with Crippen LogP contribution in [0.1, 0.15) is 19.4 Å². The largest absolute Gasteiger partial charge is 0.346 e. The molecule has 0 saturated carbocycles. The molecule has 0 radical (unpaired) electrons. The molecule has 0 aromatic heterocycles. The minimum Gasteiger partial charge on any atom is -0.346 e. The van der Waals surface area contributed by atoms with Gasteiger partial charge in [0.05, 0.1) is 18.3 Å². The molecule has 2 rings (SSSR count). The lowest BCUT2D eigenvalue weighted by atomic mass is 10.1. The van der Waals surface area contributed by atoms with E-state index in [4.69, 9.17) is 5.73 Å². The van der Waals surface area contributed by atoms with Crippen LogP contribution in [0.5, 0.6) is 0 Å². The molecular formula is C18H28N4O4S. The minimum absolute atomic E-state index is 0.0153. The molecule has 150 valence electrons. The van der Waals surface area contributed by atoms with Gasteiger partial charge in [0.1, 0.15) is 0 Å². The number of hydrogen-bond acceptors (Lipinski definition) is 5. The maximum atomic E-state index is 12.5. The third-order valence-corrected chi connectivity index (χ3v) is 6.46. The highest BCUT2D eigenvalue weighted by atomic mass is 32.2. The van der Waals surface area contributed by atoms with E-state index in [2.05, 4.69) is 5.32 Å². The Labute approximate surface area is 160 Å². The summed E-state index contributed by atoms with van der Waals surface area (Å²) in [6.07, 6.45) is 0. The van der Waals surface area contributed by atoms with Crippen molar-refractivity contribution in [2.75, 3.05) is 32.7 Å². The molecule has 1 atom stereocenters. The van der Waals surface area contributed by atoms with Crippen molar-refractivity contribution in [2.24, 2.45) is 11.7 Å². The van der Waals surface area contributed by atoms with Crippen LogP contribution >= 0.6 is 0 Å². The topological polar surface area (TPSA) is 113 Å². The van der Waals surface area contributed by atoms with E-state index in [1.165, 1.54) is 4.31 Å². The van der Waals surface area contributed by atoms with Crippen LogP contribution in [-0.4, -0.2) is 68.2 Å². The van der Waals surface area contributed by atoms with Crippen molar-refractivity contribution < 1.29 is 18.0 Å². The second-order valence-electron chi connectivity index (χ2n) is 7.01. The van der Waals surface area contributed by atoms with Crippen LogP contribution < -0.4 is 11.1 Å².